The standard InChI is InChI=1S/C17H16ClFN2O.3H2/c1-2-14(21)12-7-8-13(18)15(16(12)19)17(22)11-5-3-10(9-20)4-6-11;;;/h3-9,14,20H,2,21H2,1H3;3*1H/t14-;;;/m1.../s1. The third-order valence-corrected chi connectivity index (χ3v) is 3.84. The van der Waals surface area contributed by atoms with E-state index in [1.807, 2.05) is 6.92 Å². The summed E-state index contributed by atoms with van der Waals surface area (Å²) in [5.41, 5.74) is 6.96. The summed E-state index contributed by atoms with van der Waals surface area (Å²) in [7, 11) is 0. The van der Waals surface area contributed by atoms with Crippen LogP contribution in [0.2, 0.25) is 5.02 Å². The molecule has 0 aliphatic heterocycles. The fourth-order valence-electron chi connectivity index (χ4n) is 2.16. The molecule has 0 saturated carbocycles. The van der Waals surface area contributed by atoms with E-state index >= 15 is 0 Å². The van der Waals surface area contributed by atoms with Gasteiger partial charge in [0.1, 0.15) is 5.82 Å². The predicted octanol–water partition coefficient (Wildman–Crippen LogP) is 4.86. The van der Waals surface area contributed by atoms with Crippen LogP contribution in [0.3, 0.4) is 0 Å². The van der Waals surface area contributed by atoms with Crippen LogP contribution in [0.5, 0.6) is 0 Å². The molecule has 0 amide bonds. The Hall–Kier alpha value is -2.04. The van der Waals surface area contributed by atoms with E-state index in [2.05, 4.69) is 0 Å². The van der Waals surface area contributed by atoms with Gasteiger partial charge in [0.05, 0.1) is 10.6 Å². The van der Waals surface area contributed by atoms with E-state index < -0.39 is 17.6 Å². The molecule has 120 valence electrons. The SMILES string of the molecule is CC[C@@H](N)c1ccc(Cl)c(C(=O)c2ccc(C=N)cc2)c1F.[HH].[HH].[HH]. The first-order valence-corrected chi connectivity index (χ1v) is 7.26. The molecule has 2 aromatic rings. The maximum atomic E-state index is 14.6. The molecule has 5 heteroatoms. The summed E-state index contributed by atoms with van der Waals surface area (Å²) in [5.74, 6) is -1.16. The fraction of sp³-hybridized carbons (Fsp3) is 0.176. The fourth-order valence-corrected chi connectivity index (χ4v) is 2.39. The van der Waals surface area contributed by atoms with E-state index in [1.54, 1.807) is 24.3 Å². The zero-order chi connectivity index (χ0) is 16.3. The van der Waals surface area contributed by atoms with E-state index in [-0.39, 0.29) is 20.4 Å². The quantitative estimate of drug-likeness (QED) is 0.609. The third-order valence-electron chi connectivity index (χ3n) is 3.53. The van der Waals surface area contributed by atoms with Crippen LogP contribution in [0.4, 0.5) is 4.39 Å². The first-order chi connectivity index (χ1) is 10.5. The maximum absolute atomic E-state index is 14.6. The lowest BCUT2D eigenvalue weighted by atomic mass is 9.96. The van der Waals surface area contributed by atoms with Crippen LogP contribution in [0.25, 0.3) is 0 Å². The highest BCUT2D eigenvalue weighted by Crippen LogP contribution is 2.28. The summed E-state index contributed by atoms with van der Waals surface area (Å²) in [6.45, 7) is 1.84. The first-order valence-electron chi connectivity index (χ1n) is 6.88. The Bertz CT molecular complexity index is 727. The molecule has 0 bridgehead atoms. The van der Waals surface area contributed by atoms with Gasteiger partial charge in [0.25, 0.3) is 0 Å². The van der Waals surface area contributed by atoms with Gasteiger partial charge in [-0.3, -0.25) is 4.79 Å². The summed E-state index contributed by atoms with van der Waals surface area (Å²) in [6, 6.07) is 8.86. The molecule has 0 aliphatic rings. The highest BCUT2D eigenvalue weighted by molar-refractivity contribution is 6.35. The number of carbonyl (C=O) groups excluding carboxylic acids is 1. The normalized spacial score (nSPS) is 12.0. The third kappa shape index (κ3) is 3.08. The van der Waals surface area contributed by atoms with Gasteiger partial charge in [0.2, 0.25) is 0 Å². The number of nitrogens with one attached hydrogen (secondary N) is 1. The van der Waals surface area contributed by atoms with Crippen LogP contribution in [0, 0.1) is 11.2 Å². The summed E-state index contributed by atoms with van der Waals surface area (Å²) in [6.07, 6.45) is 1.73. The highest BCUT2D eigenvalue weighted by Gasteiger charge is 2.22. The van der Waals surface area contributed by atoms with E-state index in [9.17, 15) is 9.18 Å². The van der Waals surface area contributed by atoms with Crippen LogP contribution in [-0.4, -0.2) is 12.0 Å². The van der Waals surface area contributed by atoms with Crippen molar-refractivity contribution in [3.63, 3.8) is 0 Å². The van der Waals surface area contributed by atoms with Crippen molar-refractivity contribution in [1.82, 2.24) is 0 Å². The summed E-state index contributed by atoms with van der Waals surface area (Å²) >= 11 is 6.01. The second-order valence-electron chi connectivity index (χ2n) is 4.94. The second-order valence-corrected chi connectivity index (χ2v) is 5.34. The van der Waals surface area contributed by atoms with E-state index in [4.69, 9.17) is 22.7 Å². The van der Waals surface area contributed by atoms with E-state index in [0.29, 0.717) is 17.5 Å². The second kappa shape index (κ2) is 6.81. The molecule has 1 atom stereocenters. The molecule has 0 saturated heterocycles. The molecule has 0 fully saturated rings. The maximum Gasteiger partial charge on any atom is 0.197 e. The molecule has 22 heavy (non-hydrogen) atoms. The minimum absolute atomic E-state index is 0. The predicted molar refractivity (Wildman–Crippen MR) is 92.7 cm³/mol. The van der Waals surface area contributed by atoms with Crippen molar-refractivity contribution in [2.45, 2.75) is 19.4 Å². The van der Waals surface area contributed by atoms with Crippen molar-refractivity contribution >= 4 is 23.6 Å². The molecule has 2 rings (SSSR count). The van der Waals surface area contributed by atoms with Crippen molar-refractivity contribution in [3.05, 3.63) is 69.5 Å². The Morgan fingerprint density at radius 3 is 2.55 bits per heavy atom. The largest absolute Gasteiger partial charge is 0.324 e. The molecule has 0 heterocycles. The molecular weight excluding hydrogens is 303 g/mol. The van der Waals surface area contributed by atoms with Crippen LogP contribution in [-0.2, 0) is 0 Å². The average molecular weight is 325 g/mol. The van der Waals surface area contributed by atoms with Crippen LogP contribution in [0.15, 0.2) is 36.4 Å². The van der Waals surface area contributed by atoms with Crippen LogP contribution < -0.4 is 5.73 Å². The Morgan fingerprint density at radius 2 is 2.00 bits per heavy atom. The average Bonchev–Trinajstić information content (AvgIpc) is 2.54. The molecule has 0 radical (unpaired) electrons. The van der Waals surface area contributed by atoms with Crippen molar-refractivity contribution in [2.24, 2.45) is 5.73 Å². The number of nitrogens with two attached hydrogens (primary N) is 1. The monoisotopic (exact) mass is 324 g/mol. The zero-order valence-corrected chi connectivity index (χ0v) is 12.8. The topological polar surface area (TPSA) is 66.9 Å². The van der Waals surface area contributed by atoms with E-state index in [0.717, 1.165) is 0 Å². The Kier molecular flexibility index (Phi) is 5.06. The van der Waals surface area contributed by atoms with Crippen LogP contribution >= 0.6 is 11.6 Å². The van der Waals surface area contributed by atoms with Gasteiger partial charge in [-0.15, -0.1) is 0 Å². The number of halogens is 2. The van der Waals surface area contributed by atoms with Crippen molar-refractivity contribution in [2.75, 3.05) is 0 Å². The minimum Gasteiger partial charge on any atom is -0.324 e. The molecular formula is C17H22ClFN2O. The smallest absolute Gasteiger partial charge is 0.197 e. The number of hydrogen-bond acceptors (Lipinski definition) is 3. The van der Waals surface area contributed by atoms with Crippen molar-refractivity contribution < 1.29 is 13.5 Å². The van der Waals surface area contributed by atoms with Crippen LogP contribution in [0.1, 0.15) is 50.7 Å². The van der Waals surface area contributed by atoms with Gasteiger partial charge in [-0.2, -0.15) is 0 Å². The lowest BCUT2D eigenvalue weighted by Gasteiger charge is -2.14. The molecule has 0 unspecified atom stereocenters. The summed E-state index contributed by atoms with van der Waals surface area (Å²) in [5, 5.41) is 7.21. The van der Waals surface area contributed by atoms with Crippen molar-refractivity contribution in [1.29, 1.82) is 5.41 Å². The van der Waals surface area contributed by atoms with Gasteiger partial charge in [0.15, 0.2) is 5.78 Å². The highest BCUT2D eigenvalue weighted by atomic mass is 35.5. The number of rotatable bonds is 5. The number of hydrogen-bond donors (Lipinski definition) is 2. The van der Waals surface area contributed by atoms with Gasteiger partial charge in [0, 0.05) is 27.7 Å². The molecule has 3 N–H and O–H groups in total. The summed E-state index contributed by atoms with van der Waals surface area (Å²) < 4.78 is 14.6. The lowest BCUT2D eigenvalue weighted by Crippen LogP contribution is -2.14. The van der Waals surface area contributed by atoms with Gasteiger partial charge >= 0.3 is 0 Å². The lowest BCUT2D eigenvalue weighted by molar-refractivity contribution is 0.103. The van der Waals surface area contributed by atoms with Crippen molar-refractivity contribution in [3.8, 4) is 0 Å². The molecule has 0 spiro atoms. The van der Waals surface area contributed by atoms with Gasteiger partial charge in [-0.05, 0) is 18.1 Å². The first kappa shape index (κ1) is 16.3. The van der Waals surface area contributed by atoms with Gasteiger partial charge < -0.3 is 11.1 Å². The van der Waals surface area contributed by atoms with Gasteiger partial charge in [-0.25, -0.2) is 4.39 Å². The Balaban J connectivity index is 0. The molecule has 0 aliphatic carbocycles. The number of carbonyl (C=O) groups is 1. The minimum atomic E-state index is -0.664. The molecule has 2 aromatic carbocycles. The molecule has 3 nitrogen and oxygen atoms in total. The molecule has 0 aromatic heterocycles. The number of ketones is 1. The zero-order valence-electron chi connectivity index (χ0n) is 12.1. The Labute approximate surface area is 137 Å². The Morgan fingerprint density at radius 1 is 1.36 bits per heavy atom. The van der Waals surface area contributed by atoms with E-state index in [1.165, 1.54) is 18.3 Å². The van der Waals surface area contributed by atoms with Gasteiger partial charge in [-0.1, -0.05) is 48.9 Å². The number of benzene rings is 2. The summed E-state index contributed by atoms with van der Waals surface area (Å²) in [4.78, 5) is 12.5.